The number of nitrogens with zero attached hydrogens (tertiary/aromatic N) is 1. The van der Waals surface area contributed by atoms with Gasteiger partial charge in [-0.25, -0.2) is 8.78 Å². The van der Waals surface area contributed by atoms with Crippen LogP contribution in [0.3, 0.4) is 0 Å². The number of allylic oxidation sites excluding steroid dienone is 2. The van der Waals surface area contributed by atoms with Gasteiger partial charge in [0, 0.05) is 24.5 Å². The van der Waals surface area contributed by atoms with E-state index in [1.54, 1.807) is 42.6 Å². The number of carbonyl (C=O) groups excluding carboxylic acids is 1. The molecular weight excluding hydrogens is 406 g/mol. The highest BCUT2D eigenvalue weighted by molar-refractivity contribution is 5.89. The summed E-state index contributed by atoms with van der Waals surface area (Å²) in [6, 6.07) is 16.1. The molecule has 0 spiro atoms. The molecular formula is C27H26F2N2O. The molecule has 1 amide bonds. The zero-order valence-corrected chi connectivity index (χ0v) is 18.0. The third-order valence-electron chi connectivity index (χ3n) is 5.03. The molecule has 1 aromatic heterocycles. The Bertz CT molecular complexity index is 1010. The average molecular weight is 433 g/mol. The molecule has 3 aromatic rings. The first-order valence-corrected chi connectivity index (χ1v) is 10.6. The van der Waals surface area contributed by atoms with Crippen LogP contribution in [0.4, 0.5) is 8.78 Å². The number of aromatic nitrogens is 1. The van der Waals surface area contributed by atoms with Gasteiger partial charge in [0.15, 0.2) is 0 Å². The lowest BCUT2D eigenvalue weighted by Gasteiger charge is -2.12. The molecule has 1 N–H and O–H groups in total. The summed E-state index contributed by atoms with van der Waals surface area (Å²) in [6.07, 6.45) is 11.2. The highest BCUT2D eigenvalue weighted by Crippen LogP contribution is 2.24. The molecule has 0 saturated heterocycles. The van der Waals surface area contributed by atoms with Crippen LogP contribution in [-0.2, 0) is 11.2 Å². The molecule has 0 aliphatic heterocycles. The van der Waals surface area contributed by atoms with Crippen molar-refractivity contribution in [3.63, 3.8) is 0 Å². The number of pyridine rings is 1. The van der Waals surface area contributed by atoms with Crippen LogP contribution in [0.1, 0.15) is 36.5 Å². The van der Waals surface area contributed by atoms with E-state index in [0.717, 1.165) is 36.0 Å². The van der Waals surface area contributed by atoms with Gasteiger partial charge in [0.2, 0.25) is 5.91 Å². The number of benzene rings is 2. The molecule has 0 unspecified atom stereocenters. The van der Waals surface area contributed by atoms with Crippen molar-refractivity contribution in [1.29, 1.82) is 0 Å². The molecule has 0 aliphatic rings. The van der Waals surface area contributed by atoms with Gasteiger partial charge in [-0.2, -0.15) is 0 Å². The van der Waals surface area contributed by atoms with Gasteiger partial charge in [0.1, 0.15) is 11.6 Å². The normalized spacial score (nSPS) is 11.8. The Morgan fingerprint density at radius 2 is 1.62 bits per heavy atom. The quantitative estimate of drug-likeness (QED) is 0.339. The van der Waals surface area contributed by atoms with Gasteiger partial charge in [-0.15, -0.1) is 0 Å². The second-order valence-corrected chi connectivity index (χ2v) is 7.62. The fourth-order valence-electron chi connectivity index (χ4n) is 3.37. The SMILES string of the molecule is C[C@@H](CCCc1cccnc1)NC(=O)/C=C/C=C(c1ccc(F)cc1)c1ccc(F)cc1. The molecule has 3 nitrogen and oxygen atoms in total. The fraction of sp³-hybridized carbons (Fsp3) is 0.185. The molecule has 1 heterocycles. The summed E-state index contributed by atoms with van der Waals surface area (Å²) in [6.45, 7) is 1.98. The topological polar surface area (TPSA) is 42.0 Å². The van der Waals surface area contributed by atoms with E-state index >= 15 is 0 Å². The molecule has 0 radical (unpaired) electrons. The van der Waals surface area contributed by atoms with E-state index in [-0.39, 0.29) is 23.6 Å². The maximum atomic E-state index is 13.3. The molecule has 1 atom stereocenters. The molecule has 5 heteroatoms. The van der Waals surface area contributed by atoms with Crippen molar-refractivity contribution in [2.75, 3.05) is 0 Å². The van der Waals surface area contributed by atoms with Crippen LogP contribution in [-0.4, -0.2) is 16.9 Å². The summed E-state index contributed by atoms with van der Waals surface area (Å²) in [5.74, 6) is -0.855. The van der Waals surface area contributed by atoms with Crippen molar-refractivity contribution in [2.45, 2.75) is 32.2 Å². The van der Waals surface area contributed by atoms with Crippen LogP contribution in [0.15, 0.2) is 91.3 Å². The van der Waals surface area contributed by atoms with E-state index in [4.69, 9.17) is 0 Å². The van der Waals surface area contributed by atoms with Gasteiger partial charge < -0.3 is 5.32 Å². The van der Waals surface area contributed by atoms with Crippen LogP contribution in [0.5, 0.6) is 0 Å². The van der Waals surface area contributed by atoms with Crippen LogP contribution < -0.4 is 5.32 Å². The molecule has 32 heavy (non-hydrogen) atoms. The predicted molar refractivity (Wildman–Crippen MR) is 124 cm³/mol. The molecule has 0 fully saturated rings. The molecule has 3 rings (SSSR count). The monoisotopic (exact) mass is 432 g/mol. The minimum absolute atomic E-state index is 0.0430. The van der Waals surface area contributed by atoms with Crippen molar-refractivity contribution in [2.24, 2.45) is 0 Å². The van der Waals surface area contributed by atoms with Gasteiger partial charge in [0.05, 0.1) is 0 Å². The van der Waals surface area contributed by atoms with Crippen molar-refractivity contribution in [3.05, 3.63) is 120 Å². The van der Waals surface area contributed by atoms with Crippen molar-refractivity contribution in [3.8, 4) is 0 Å². The van der Waals surface area contributed by atoms with E-state index in [1.165, 1.54) is 35.9 Å². The second-order valence-electron chi connectivity index (χ2n) is 7.62. The molecule has 0 saturated carbocycles. The maximum absolute atomic E-state index is 13.3. The van der Waals surface area contributed by atoms with Crippen molar-refractivity contribution < 1.29 is 13.6 Å². The molecule has 0 aliphatic carbocycles. The lowest BCUT2D eigenvalue weighted by Crippen LogP contribution is -2.31. The van der Waals surface area contributed by atoms with Crippen molar-refractivity contribution in [1.82, 2.24) is 10.3 Å². The van der Waals surface area contributed by atoms with E-state index in [9.17, 15) is 13.6 Å². The Morgan fingerprint density at radius 1 is 1.00 bits per heavy atom. The highest BCUT2D eigenvalue weighted by atomic mass is 19.1. The van der Waals surface area contributed by atoms with Crippen LogP contribution >= 0.6 is 0 Å². The third-order valence-corrected chi connectivity index (χ3v) is 5.03. The van der Waals surface area contributed by atoms with Gasteiger partial charge in [-0.3, -0.25) is 9.78 Å². The minimum Gasteiger partial charge on any atom is -0.350 e. The number of nitrogens with one attached hydrogen (secondary N) is 1. The zero-order chi connectivity index (χ0) is 22.8. The number of amides is 1. The van der Waals surface area contributed by atoms with Gasteiger partial charge in [0.25, 0.3) is 0 Å². The summed E-state index contributed by atoms with van der Waals surface area (Å²) in [4.78, 5) is 16.4. The second kappa shape index (κ2) is 11.7. The predicted octanol–water partition coefficient (Wildman–Crippen LogP) is 5.88. The zero-order valence-electron chi connectivity index (χ0n) is 18.0. The summed E-state index contributed by atoms with van der Waals surface area (Å²) >= 11 is 0. The largest absolute Gasteiger partial charge is 0.350 e. The first-order valence-electron chi connectivity index (χ1n) is 10.6. The Balaban J connectivity index is 1.61. The van der Waals surface area contributed by atoms with E-state index < -0.39 is 0 Å². The molecule has 0 bridgehead atoms. The van der Waals surface area contributed by atoms with Crippen molar-refractivity contribution >= 4 is 11.5 Å². The first kappa shape index (κ1) is 23.1. The lowest BCUT2D eigenvalue weighted by atomic mass is 9.97. The lowest BCUT2D eigenvalue weighted by molar-refractivity contribution is -0.117. The number of carbonyl (C=O) groups is 1. The standard InChI is InChI=1S/C27H26F2N2O/c1-20(5-2-6-21-7-4-18-30-19-21)31-27(32)9-3-8-26(22-10-14-24(28)15-11-22)23-12-16-25(29)17-13-23/h3-4,7-20H,2,5-6H2,1H3,(H,31,32)/b9-3+/t20-/m0/s1. The van der Waals surface area contributed by atoms with Crippen LogP contribution in [0.25, 0.3) is 5.57 Å². The Hall–Kier alpha value is -3.60. The van der Waals surface area contributed by atoms with E-state index in [2.05, 4.69) is 10.3 Å². The summed E-state index contributed by atoms with van der Waals surface area (Å²) < 4.78 is 26.7. The summed E-state index contributed by atoms with van der Waals surface area (Å²) in [7, 11) is 0. The number of hydrogen-bond donors (Lipinski definition) is 1. The van der Waals surface area contributed by atoms with E-state index in [1.807, 2.05) is 25.3 Å². The fourth-order valence-corrected chi connectivity index (χ4v) is 3.37. The highest BCUT2D eigenvalue weighted by Gasteiger charge is 2.07. The first-order chi connectivity index (χ1) is 15.5. The van der Waals surface area contributed by atoms with Gasteiger partial charge in [-0.1, -0.05) is 42.5 Å². The Morgan fingerprint density at radius 3 is 2.19 bits per heavy atom. The number of aryl methyl sites for hydroxylation is 1. The number of halogens is 2. The summed E-state index contributed by atoms with van der Waals surface area (Å²) in [5, 5.41) is 2.96. The Labute approximate surface area is 187 Å². The van der Waals surface area contributed by atoms with Gasteiger partial charge >= 0.3 is 0 Å². The van der Waals surface area contributed by atoms with E-state index in [0.29, 0.717) is 0 Å². The number of rotatable bonds is 9. The minimum atomic E-state index is -0.334. The smallest absolute Gasteiger partial charge is 0.244 e. The third kappa shape index (κ3) is 7.27. The maximum Gasteiger partial charge on any atom is 0.244 e. The number of hydrogen-bond acceptors (Lipinski definition) is 2. The van der Waals surface area contributed by atoms with Crippen LogP contribution in [0, 0.1) is 11.6 Å². The van der Waals surface area contributed by atoms with Gasteiger partial charge in [-0.05, 0) is 78.8 Å². The summed E-state index contributed by atoms with van der Waals surface area (Å²) in [5.41, 5.74) is 3.49. The Kier molecular flexibility index (Phi) is 8.44. The van der Waals surface area contributed by atoms with Crippen LogP contribution in [0.2, 0.25) is 0 Å². The molecule has 164 valence electrons. The average Bonchev–Trinajstić information content (AvgIpc) is 2.79. The molecule has 2 aromatic carbocycles.